The van der Waals surface area contributed by atoms with Crippen molar-refractivity contribution in [2.75, 3.05) is 32.7 Å². The van der Waals surface area contributed by atoms with Crippen molar-refractivity contribution in [1.29, 1.82) is 0 Å². The van der Waals surface area contributed by atoms with Gasteiger partial charge in [-0.3, -0.25) is 0 Å². The van der Waals surface area contributed by atoms with Gasteiger partial charge in [-0.05, 0) is 74.9 Å². The summed E-state index contributed by atoms with van der Waals surface area (Å²) in [5.74, 6) is 2.84. The molecule has 4 heterocycles. The molecule has 0 amide bonds. The van der Waals surface area contributed by atoms with E-state index in [-0.39, 0.29) is 0 Å². The summed E-state index contributed by atoms with van der Waals surface area (Å²) < 4.78 is 7.55. The van der Waals surface area contributed by atoms with E-state index in [2.05, 4.69) is 47.4 Å². The Hall–Kier alpha value is -2.25. The Bertz CT molecular complexity index is 979. The summed E-state index contributed by atoms with van der Waals surface area (Å²) in [4.78, 5) is 7.39. The topological polar surface area (TPSA) is 72.0 Å². The first kappa shape index (κ1) is 19.7. The fourth-order valence-corrected chi connectivity index (χ4v) is 4.94. The van der Waals surface area contributed by atoms with E-state index >= 15 is 0 Å². The number of hydrogen-bond donors (Lipinski definition) is 1. The van der Waals surface area contributed by atoms with Crippen LogP contribution >= 0.6 is 0 Å². The second kappa shape index (κ2) is 8.47. The number of likely N-dealkylation sites (tertiary alicyclic amines) is 1. The third kappa shape index (κ3) is 3.88. The van der Waals surface area contributed by atoms with E-state index < -0.39 is 0 Å². The molecule has 0 spiro atoms. The van der Waals surface area contributed by atoms with E-state index in [1.54, 1.807) is 0 Å². The Kier molecular flexibility index (Phi) is 5.56. The lowest BCUT2D eigenvalue weighted by Gasteiger charge is -2.34. The van der Waals surface area contributed by atoms with Crippen LogP contribution in [0.2, 0.25) is 0 Å². The summed E-state index contributed by atoms with van der Waals surface area (Å²) in [6, 6.07) is 8.28. The molecule has 30 heavy (non-hydrogen) atoms. The van der Waals surface area contributed by atoms with Crippen LogP contribution in [0.5, 0.6) is 0 Å². The number of benzene rings is 1. The van der Waals surface area contributed by atoms with Crippen molar-refractivity contribution in [3.63, 3.8) is 0 Å². The van der Waals surface area contributed by atoms with Crippen molar-refractivity contribution in [3.05, 3.63) is 35.9 Å². The van der Waals surface area contributed by atoms with Gasteiger partial charge in [0, 0.05) is 17.8 Å². The van der Waals surface area contributed by atoms with Gasteiger partial charge in [-0.2, -0.15) is 14.8 Å². The molecule has 0 unspecified atom stereocenters. The zero-order valence-electron chi connectivity index (χ0n) is 18.0. The van der Waals surface area contributed by atoms with Gasteiger partial charge >= 0.3 is 0 Å². The molecule has 7 heteroatoms. The summed E-state index contributed by atoms with van der Waals surface area (Å²) in [6.45, 7) is 10.2. The number of hydrogen-bond acceptors (Lipinski definition) is 6. The van der Waals surface area contributed by atoms with Gasteiger partial charge in [0.25, 0.3) is 5.95 Å². The first-order chi connectivity index (χ1) is 14.7. The number of piperidine rings is 2. The van der Waals surface area contributed by atoms with Crippen LogP contribution in [0, 0.1) is 5.92 Å². The zero-order chi connectivity index (χ0) is 20.5. The SMILES string of the molecule is CC(C)c1nn(-c2noc(C3CCN(CC4CCNCC4)CC3)n2)c2ccccc12. The normalized spacial score (nSPS) is 19.8. The van der Waals surface area contributed by atoms with Crippen molar-refractivity contribution >= 4 is 10.9 Å². The lowest BCUT2D eigenvalue weighted by molar-refractivity contribution is 0.157. The lowest BCUT2D eigenvalue weighted by Crippen LogP contribution is -2.39. The van der Waals surface area contributed by atoms with E-state index in [1.807, 2.05) is 10.7 Å². The maximum absolute atomic E-state index is 5.71. The molecule has 0 aliphatic carbocycles. The van der Waals surface area contributed by atoms with Crippen LogP contribution in [0.3, 0.4) is 0 Å². The predicted octanol–water partition coefficient (Wildman–Crippen LogP) is 3.71. The van der Waals surface area contributed by atoms with Crippen LogP contribution in [0.1, 0.15) is 63.0 Å². The Morgan fingerprint density at radius 1 is 1.10 bits per heavy atom. The number of nitrogens with zero attached hydrogens (tertiary/aromatic N) is 5. The fraction of sp³-hybridized carbons (Fsp3) is 0.609. The van der Waals surface area contributed by atoms with Crippen molar-refractivity contribution in [2.45, 2.75) is 51.4 Å². The Labute approximate surface area is 177 Å². The Balaban J connectivity index is 1.28. The Morgan fingerprint density at radius 3 is 2.63 bits per heavy atom. The largest absolute Gasteiger partial charge is 0.337 e. The molecule has 0 bridgehead atoms. The molecule has 1 N–H and O–H groups in total. The molecule has 2 fully saturated rings. The van der Waals surface area contributed by atoms with Crippen LogP contribution in [-0.4, -0.2) is 57.5 Å². The maximum atomic E-state index is 5.71. The first-order valence-electron chi connectivity index (χ1n) is 11.4. The van der Waals surface area contributed by atoms with Crippen LogP contribution in [0.25, 0.3) is 16.9 Å². The van der Waals surface area contributed by atoms with Gasteiger partial charge in [-0.25, -0.2) is 0 Å². The van der Waals surface area contributed by atoms with Gasteiger partial charge in [0.2, 0.25) is 5.89 Å². The highest BCUT2D eigenvalue weighted by atomic mass is 16.5. The molecular weight excluding hydrogens is 376 g/mol. The lowest BCUT2D eigenvalue weighted by atomic mass is 9.93. The summed E-state index contributed by atoms with van der Waals surface area (Å²) in [5, 5.41) is 13.7. The summed E-state index contributed by atoms with van der Waals surface area (Å²) in [7, 11) is 0. The average Bonchev–Trinajstić information content (AvgIpc) is 3.40. The monoisotopic (exact) mass is 408 g/mol. The van der Waals surface area contributed by atoms with E-state index in [9.17, 15) is 0 Å². The van der Waals surface area contributed by atoms with Gasteiger partial charge in [-0.15, -0.1) is 0 Å². The number of para-hydroxylation sites is 1. The Morgan fingerprint density at radius 2 is 1.87 bits per heavy atom. The minimum atomic E-state index is 0.340. The smallest absolute Gasteiger partial charge is 0.291 e. The maximum Gasteiger partial charge on any atom is 0.291 e. The third-order valence-corrected chi connectivity index (χ3v) is 6.70. The molecule has 5 rings (SSSR count). The summed E-state index contributed by atoms with van der Waals surface area (Å²) in [5.41, 5.74) is 2.11. The molecule has 7 nitrogen and oxygen atoms in total. The van der Waals surface area contributed by atoms with E-state index in [1.165, 1.54) is 32.5 Å². The van der Waals surface area contributed by atoms with Gasteiger partial charge in [-0.1, -0.05) is 32.0 Å². The van der Waals surface area contributed by atoms with E-state index in [0.29, 0.717) is 17.8 Å². The molecule has 0 atom stereocenters. The highest BCUT2D eigenvalue weighted by Gasteiger charge is 2.27. The minimum Gasteiger partial charge on any atom is -0.337 e. The van der Waals surface area contributed by atoms with Crippen LogP contribution in [-0.2, 0) is 0 Å². The average molecular weight is 409 g/mol. The minimum absolute atomic E-state index is 0.340. The molecule has 1 aromatic carbocycles. The fourth-order valence-electron chi connectivity index (χ4n) is 4.94. The molecule has 3 aromatic rings. The van der Waals surface area contributed by atoms with Gasteiger partial charge < -0.3 is 14.7 Å². The van der Waals surface area contributed by atoms with Gasteiger partial charge in [0.1, 0.15) is 0 Å². The van der Waals surface area contributed by atoms with Gasteiger partial charge in [0.15, 0.2) is 0 Å². The van der Waals surface area contributed by atoms with E-state index in [0.717, 1.165) is 54.3 Å². The third-order valence-electron chi connectivity index (χ3n) is 6.70. The number of fused-ring (bicyclic) bond motifs is 1. The summed E-state index contributed by atoms with van der Waals surface area (Å²) in [6.07, 6.45) is 4.79. The highest BCUT2D eigenvalue weighted by Crippen LogP contribution is 2.30. The van der Waals surface area contributed by atoms with Gasteiger partial charge in [0.05, 0.1) is 11.2 Å². The van der Waals surface area contributed by atoms with Crippen LogP contribution in [0.15, 0.2) is 28.8 Å². The number of rotatable bonds is 5. The predicted molar refractivity (Wildman–Crippen MR) is 117 cm³/mol. The molecular formula is C23H32N6O. The van der Waals surface area contributed by atoms with Crippen molar-refractivity contribution in [2.24, 2.45) is 5.92 Å². The standard InChI is InChI=1S/C23H32N6O/c1-16(2)21-19-5-3-4-6-20(19)29(26-21)23-25-22(30-27-23)18-9-13-28(14-10-18)15-17-7-11-24-12-8-17/h3-6,16-18,24H,7-15H2,1-2H3. The molecule has 2 saturated heterocycles. The quantitative estimate of drug-likeness (QED) is 0.694. The zero-order valence-corrected chi connectivity index (χ0v) is 18.0. The van der Waals surface area contributed by atoms with Crippen LogP contribution in [0.4, 0.5) is 0 Å². The van der Waals surface area contributed by atoms with Crippen molar-refractivity contribution < 1.29 is 4.52 Å². The molecule has 0 radical (unpaired) electrons. The molecule has 160 valence electrons. The number of aromatic nitrogens is 4. The van der Waals surface area contributed by atoms with Crippen molar-refractivity contribution in [3.8, 4) is 5.95 Å². The molecule has 2 aliphatic heterocycles. The number of nitrogens with one attached hydrogen (secondary N) is 1. The first-order valence-corrected chi connectivity index (χ1v) is 11.4. The van der Waals surface area contributed by atoms with Crippen LogP contribution < -0.4 is 5.32 Å². The molecule has 0 saturated carbocycles. The van der Waals surface area contributed by atoms with Crippen molar-refractivity contribution in [1.82, 2.24) is 30.1 Å². The molecule has 2 aromatic heterocycles. The van der Waals surface area contributed by atoms with E-state index in [4.69, 9.17) is 14.6 Å². The second-order valence-corrected chi connectivity index (χ2v) is 9.17. The molecule has 2 aliphatic rings. The summed E-state index contributed by atoms with van der Waals surface area (Å²) >= 11 is 0. The second-order valence-electron chi connectivity index (χ2n) is 9.17. The highest BCUT2D eigenvalue weighted by molar-refractivity contribution is 5.83.